The Labute approximate surface area is 164 Å². The average molecular weight is 398 g/mol. The summed E-state index contributed by atoms with van der Waals surface area (Å²) in [7, 11) is -3.88. The van der Waals surface area contributed by atoms with Crippen LogP contribution in [0, 0.1) is 13.8 Å². The van der Waals surface area contributed by atoms with Crippen molar-refractivity contribution in [3.8, 4) is 0 Å². The van der Waals surface area contributed by atoms with Crippen molar-refractivity contribution in [3.63, 3.8) is 0 Å². The minimum atomic E-state index is -3.88. The fraction of sp³-hybridized carbons (Fsp3) is 0.333. The van der Waals surface area contributed by atoms with E-state index in [0.717, 1.165) is 21.0 Å². The van der Waals surface area contributed by atoms with Crippen molar-refractivity contribution < 1.29 is 18.0 Å². The van der Waals surface area contributed by atoms with Crippen molar-refractivity contribution in [2.75, 3.05) is 0 Å². The highest BCUT2D eigenvalue weighted by molar-refractivity contribution is 7.90. The quantitative estimate of drug-likeness (QED) is 0.858. The molecule has 0 radical (unpaired) electrons. The summed E-state index contributed by atoms with van der Waals surface area (Å²) in [5.74, 6) is -0.864. The second-order valence-corrected chi connectivity index (χ2v) is 9.39. The largest absolute Gasteiger partial charge is 0.346 e. The van der Waals surface area contributed by atoms with Crippen LogP contribution in [0.2, 0.25) is 0 Å². The van der Waals surface area contributed by atoms with E-state index in [1.807, 2.05) is 39.0 Å². The molecular weight excluding hydrogens is 376 g/mol. The fourth-order valence-corrected chi connectivity index (χ4v) is 5.48. The predicted molar refractivity (Wildman–Crippen MR) is 105 cm³/mol. The van der Waals surface area contributed by atoms with Crippen LogP contribution in [0.25, 0.3) is 0 Å². The molecule has 2 aromatic rings. The lowest BCUT2D eigenvalue weighted by Gasteiger charge is -2.17. The Hall–Kier alpha value is -2.67. The molecule has 0 spiro atoms. The summed E-state index contributed by atoms with van der Waals surface area (Å²) < 4.78 is 26.5. The molecule has 28 heavy (non-hydrogen) atoms. The summed E-state index contributed by atoms with van der Waals surface area (Å²) in [4.78, 5) is 25.1. The van der Waals surface area contributed by atoms with Crippen LogP contribution in [-0.2, 0) is 10.0 Å². The van der Waals surface area contributed by atoms with Crippen LogP contribution < -0.4 is 5.32 Å². The highest BCUT2D eigenvalue weighted by atomic mass is 32.2. The average Bonchev–Trinajstić information content (AvgIpc) is 3.44. The number of carbonyl (C=O) groups excluding carboxylic acids is 2. The molecule has 1 saturated carbocycles. The van der Waals surface area contributed by atoms with Gasteiger partial charge in [0.25, 0.3) is 21.8 Å². The molecule has 1 fully saturated rings. The van der Waals surface area contributed by atoms with Crippen LogP contribution in [0.1, 0.15) is 63.2 Å². The third kappa shape index (κ3) is 2.99. The molecule has 1 aliphatic heterocycles. The molecule has 2 aliphatic rings. The third-order valence-corrected chi connectivity index (χ3v) is 7.21. The normalized spacial score (nSPS) is 18.7. The van der Waals surface area contributed by atoms with Crippen molar-refractivity contribution in [2.45, 2.75) is 50.6 Å². The van der Waals surface area contributed by atoms with Crippen LogP contribution in [-0.4, -0.2) is 30.6 Å². The lowest BCUT2D eigenvalue weighted by molar-refractivity contribution is 0.0863. The minimum absolute atomic E-state index is 0.0727. The highest BCUT2D eigenvalue weighted by Gasteiger charge is 2.48. The highest BCUT2D eigenvalue weighted by Crippen LogP contribution is 2.39. The number of rotatable bonds is 4. The molecule has 1 aliphatic carbocycles. The minimum Gasteiger partial charge on any atom is -0.346 e. The Morgan fingerprint density at radius 3 is 2.54 bits per heavy atom. The maximum absolute atomic E-state index is 12.8. The van der Waals surface area contributed by atoms with Crippen molar-refractivity contribution in [3.05, 3.63) is 64.2 Å². The number of aryl methyl sites for hydroxylation is 2. The molecule has 0 saturated heterocycles. The monoisotopic (exact) mass is 398 g/mol. The van der Waals surface area contributed by atoms with Crippen molar-refractivity contribution in [2.24, 2.45) is 0 Å². The summed E-state index contributed by atoms with van der Waals surface area (Å²) in [6, 6.07) is 9.83. The van der Waals surface area contributed by atoms with E-state index in [4.69, 9.17) is 0 Å². The number of hydrogen-bond donors (Lipinski definition) is 1. The van der Waals surface area contributed by atoms with E-state index in [0.29, 0.717) is 12.8 Å². The van der Waals surface area contributed by atoms with E-state index >= 15 is 0 Å². The topological polar surface area (TPSA) is 83.6 Å². The van der Waals surface area contributed by atoms with E-state index in [1.165, 1.54) is 18.2 Å². The summed E-state index contributed by atoms with van der Waals surface area (Å²) in [6.07, 6.45) is 1.39. The number of benzene rings is 2. The van der Waals surface area contributed by atoms with Crippen LogP contribution in [0.5, 0.6) is 0 Å². The number of nitrogens with one attached hydrogen (secondary N) is 1. The smallest absolute Gasteiger partial charge is 0.269 e. The van der Waals surface area contributed by atoms with Gasteiger partial charge in [-0.3, -0.25) is 9.59 Å². The Bertz CT molecular complexity index is 1100. The van der Waals surface area contributed by atoms with Crippen LogP contribution >= 0.6 is 0 Å². The second kappa shape index (κ2) is 6.44. The van der Waals surface area contributed by atoms with Crippen LogP contribution in [0.4, 0.5) is 0 Å². The van der Waals surface area contributed by atoms with Gasteiger partial charge in [0.05, 0.1) is 11.6 Å². The molecule has 6 nitrogen and oxygen atoms in total. The Kier molecular flexibility index (Phi) is 4.30. The molecule has 146 valence electrons. The zero-order valence-corrected chi connectivity index (χ0v) is 16.8. The van der Waals surface area contributed by atoms with Gasteiger partial charge < -0.3 is 5.32 Å². The van der Waals surface area contributed by atoms with Crippen LogP contribution in [0.15, 0.2) is 41.3 Å². The zero-order chi connectivity index (χ0) is 20.2. The lowest BCUT2D eigenvalue weighted by Crippen LogP contribution is -2.32. The molecule has 1 heterocycles. The van der Waals surface area contributed by atoms with Gasteiger partial charge in [-0.05, 0) is 62.9 Å². The molecule has 1 N–H and O–H groups in total. The first-order chi connectivity index (χ1) is 13.2. The number of carbonyl (C=O) groups is 2. The number of nitrogens with zero attached hydrogens (tertiary/aromatic N) is 1. The third-order valence-electron chi connectivity index (χ3n) is 5.34. The zero-order valence-electron chi connectivity index (χ0n) is 16.0. The van der Waals surface area contributed by atoms with Gasteiger partial charge in [-0.15, -0.1) is 0 Å². The van der Waals surface area contributed by atoms with Gasteiger partial charge in [-0.25, -0.2) is 12.7 Å². The number of amides is 2. The van der Waals surface area contributed by atoms with Gasteiger partial charge in [0, 0.05) is 11.6 Å². The summed E-state index contributed by atoms with van der Waals surface area (Å²) >= 11 is 0. The molecule has 4 rings (SSSR count). The van der Waals surface area contributed by atoms with Gasteiger partial charge in [0.1, 0.15) is 4.90 Å². The van der Waals surface area contributed by atoms with Crippen LogP contribution in [0.3, 0.4) is 0 Å². The molecule has 7 heteroatoms. The molecular formula is C21H22N2O4S. The van der Waals surface area contributed by atoms with E-state index in [9.17, 15) is 18.0 Å². The molecule has 1 unspecified atom stereocenters. The summed E-state index contributed by atoms with van der Waals surface area (Å²) in [5.41, 5.74) is 3.55. The van der Waals surface area contributed by atoms with Gasteiger partial charge in [-0.1, -0.05) is 23.8 Å². The Morgan fingerprint density at radius 1 is 1.14 bits per heavy atom. The SMILES string of the molecule is Cc1ccc(C)c(C(C)NC(=O)c2ccc3c(c2)S(=O)(=O)N(C2CC2)C3=O)c1. The van der Waals surface area contributed by atoms with Gasteiger partial charge in [0.15, 0.2) is 0 Å². The standard InChI is InChI=1S/C21H22N2O4S/c1-12-4-5-13(2)18(10-12)14(3)22-20(24)15-6-9-17-19(11-15)28(26,27)23(21(17)25)16-7-8-16/h4-6,9-11,14,16H,7-8H2,1-3H3,(H,22,24). The Balaban J connectivity index is 1.61. The van der Waals surface area contributed by atoms with E-state index < -0.39 is 15.9 Å². The fourth-order valence-electron chi connectivity index (χ4n) is 3.64. The maximum atomic E-state index is 12.8. The molecule has 0 aromatic heterocycles. The number of hydrogen-bond acceptors (Lipinski definition) is 4. The Morgan fingerprint density at radius 2 is 1.86 bits per heavy atom. The van der Waals surface area contributed by atoms with E-state index in [-0.39, 0.29) is 34.0 Å². The van der Waals surface area contributed by atoms with E-state index in [2.05, 4.69) is 5.32 Å². The molecule has 0 bridgehead atoms. The number of fused-ring (bicyclic) bond motifs is 1. The van der Waals surface area contributed by atoms with Gasteiger partial charge in [-0.2, -0.15) is 0 Å². The van der Waals surface area contributed by atoms with Gasteiger partial charge >= 0.3 is 0 Å². The molecule has 2 amide bonds. The van der Waals surface area contributed by atoms with Gasteiger partial charge in [0.2, 0.25) is 0 Å². The number of sulfonamides is 1. The lowest BCUT2D eigenvalue weighted by atomic mass is 9.99. The molecule has 2 aromatic carbocycles. The van der Waals surface area contributed by atoms with Crippen molar-refractivity contribution in [1.29, 1.82) is 0 Å². The van der Waals surface area contributed by atoms with E-state index in [1.54, 1.807) is 0 Å². The van der Waals surface area contributed by atoms with Crippen molar-refractivity contribution in [1.82, 2.24) is 9.62 Å². The van der Waals surface area contributed by atoms with Crippen molar-refractivity contribution >= 4 is 21.8 Å². The second-order valence-electron chi connectivity index (χ2n) is 7.60. The molecule has 1 atom stereocenters. The first-order valence-electron chi connectivity index (χ1n) is 9.31. The predicted octanol–water partition coefficient (Wildman–Crippen LogP) is 3.10. The first kappa shape index (κ1) is 18.7. The maximum Gasteiger partial charge on any atom is 0.269 e. The summed E-state index contributed by atoms with van der Waals surface area (Å²) in [5, 5.41) is 2.92. The summed E-state index contributed by atoms with van der Waals surface area (Å²) in [6.45, 7) is 5.87. The first-order valence-corrected chi connectivity index (χ1v) is 10.7.